The Hall–Kier alpha value is -11.5. The number of nitrogens with zero attached hydrogens (tertiary/aromatic N) is 3. The van der Waals surface area contributed by atoms with Crippen LogP contribution in [0.2, 0.25) is 0 Å². The van der Waals surface area contributed by atoms with Crippen molar-refractivity contribution in [3.8, 4) is 61.6 Å². The Kier molecular flexibility index (Phi) is 10.5. The molecule has 3 heterocycles. The largest absolute Gasteiger partial charge is 0.309 e. The second-order valence-corrected chi connectivity index (χ2v) is 24.4. The van der Waals surface area contributed by atoms with Crippen molar-refractivity contribution in [2.75, 3.05) is 0 Å². The zero-order valence-corrected chi connectivity index (χ0v) is 48.4. The van der Waals surface area contributed by atoms with Crippen LogP contribution in [0.15, 0.2) is 322 Å². The molecule has 21 rings (SSSR count). The number of aromatic nitrogens is 3. The second-order valence-electron chi connectivity index (χ2n) is 24.4. The molecule has 90 heavy (non-hydrogen) atoms. The molecule has 4 aliphatic rings. The molecule has 0 atom stereocenters. The smallest absolute Gasteiger partial charge is 0.0767 e. The van der Waals surface area contributed by atoms with Crippen LogP contribution in [-0.2, 0) is 10.8 Å². The van der Waals surface area contributed by atoms with Gasteiger partial charge in [-0.25, -0.2) is 0 Å². The third-order valence-electron chi connectivity index (χ3n) is 20.5. The molecular weight excluding hydrogens is 1090 g/mol. The summed E-state index contributed by atoms with van der Waals surface area (Å²) in [6, 6.07) is 119. The molecule has 0 saturated heterocycles. The first-order valence-electron chi connectivity index (χ1n) is 31.1. The highest BCUT2D eigenvalue weighted by Gasteiger charge is 2.56. The van der Waals surface area contributed by atoms with E-state index in [9.17, 15) is 0 Å². The molecular formula is C87H57N3. The fraction of sp³-hybridized carbons (Fsp3) is 0.0345. The standard InChI is InChI=1S/C49H30N2.C37H23N.CH4/c1-3-15-31(16-4-1)50-43-25-13-9-21-35(43)39-29-27-37-33-19-7-11-23-41(33)49(45(37)47(39)50)42-24-12-8-20-34(42)38-28-30-40-36-22-10-14-26-44(36)51(48(40)46(38)49)32-17-5-2-6-18-32;1-2-12-24(13-3-1)38-34-21-11-7-17-28(34)30-23-22-29-27-16-6-10-20-33(27)37(35(29)36(30)38)31-18-8-4-14-25(31)26-15-5-9-19-32(26)37;/h1-30H;1-23H;1H4. The van der Waals surface area contributed by atoms with Gasteiger partial charge in [-0.1, -0.05) is 274 Å². The van der Waals surface area contributed by atoms with Gasteiger partial charge >= 0.3 is 0 Å². The van der Waals surface area contributed by atoms with E-state index >= 15 is 0 Å². The van der Waals surface area contributed by atoms with E-state index < -0.39 is 5.41 Å². The predicted octanol–water partition coefficient (Wildman–Crippen LogP) is 22.0. The Bertz CT molecular complexity index is 5580. The van der Waals surface area contributed by atoms with Gasteiger partial charge in [0.2, 0.25) is 0 Å². The number of fused-ring (bicyclic) bond motifs is 32. The van der Waals surface area contributed by atoms with Crippen LogP contribution in [0.5, 0.6) is 0 Å². The van der Waals surface area contributed by atoms with Gasteiger partial charge in [-0.15, -0.1) is 0 Å². The van der Waals surface area contributed by atoms with E-state index in [1.807, 2.05) is 0 Å². The van der Waals surface area contributed by atoms with E-state index in [2.05, 4.69) is 335 Å². The highest BCUT2D eigenvalue weighted by atomic mass is 15.0. The number of hydrogen-bond acceptors (Lipinski definition) is 0. The maximum atomic E-state index is 2.53. The van der Waals surface area contributed by atoms with Crippen molar-refractivity contribution in [1.82, 2.24) is 13.7 Å². The zero-order valence-electron chi connectivity index (χ0n) is 48.4. The lowest BCUT2D eigenvalue weighted by Crippen LogP contribution is -2.27. The van der Waals surface area contributed by atoms with Gasteiger partial charge < -0.3 is 13.7 Å². The fourth-order valence-corrected chi connectivity index (χ4v) is 17.4. The van der Waals surface area contributed by atoms with Crippen molar-refractivity contribution >= 4 is 65.4 Å². The van der Waals surface area contributed by atoms with Crippen molar-refractivity contribution in [1.29, 1.82) is 0 Å². The molecule has 2 spiro atoms. The zero-order chi connectivity index (χ0) is 58.1. The topological polar surface area (TPSA) is 14.8 Å². The van der Waals surface area contributed by atoms with Gasteiger partial charge in [-0.2, -0.15) is 0 Å². The lowest BCUT2D eigenvalue weighted by Gasteiger charge is -2.32. The second kappa shape index (κ2) is 18.7. The molecule has 14 aromatic carbocycles. The van der Waals surface area contributed by atoms with E-state index in [4.69, 9.17) is 0 Å². The van der Waals surface area contributed by atoms with Crippen molar-refractivity contribution in [2.24, 2.45) is 0 Å². The van der Waals surface area contributed by atoms with E-state index in [1.54, 1.807) is 0 Å². The highest BCUT2D eigenvalue weighted by Crippen LogP contribution is 2.68. The third kappa shape index (κ3) is 6.28. The summed E-state index contributed by atoms with van der Waals surface area (Å²) in [5.41, 5.74) is 31.7. The van der Waals surface area contributed by atoms with Gasteiger partial charge in [0.1, 0.15) is 0 Å². The van der Waals surface area contributed by atoms with Gasteiger partial charge in [-0.3, -0.25) is 0 Å². The molecule has 3 nitrogen and oxygen atoms in total. The Labute approximate surface area is 521 Å². The molecule has 0 N–H and O–H groups in total. The van der Waals surface area contributed by atoms with Crippen molar-refractivity contribution in [3.63, 3.8) is 0 Å². The van der Waals surface area contributed by atoms with E-state index in [1.165, 1.54) is 171 Å². The summed E-state index contributed by atoms with van der Waals surface area (Å²) < 4.78 is 7.57. The van der Waals surface area contributed by atoms with Crippen molar-refractivity contribution < 1.29 is 0 Å². The maximum Gasteiger partial charge on any atom is 0.0767 e. The Morgan fingerprint density at radius 2 is 0.411 bits per heavy atom. The lowest BCUT2D eigenvalue weighted by atomic mass is 9.69. The molecule has 0 aliphatic heterocycles. The van der Waals surface area contributed by atoms with Crippen LogP contribution in [-0.4, -0.2) is 13.7 Å². The molecule has 17 aromatic rings. The van der Waals surface area contributed by atoms with E-state index in [0.29, 0.717) is 0 Å². The first-order chi connectivity index (χ1) is 44.2. The van der Waals surface area contributed by atoms with Crippen LogP contribution in [0.1, 0.15) is 51.9 Å². The number of para-hydroxylation sites is 6. The third-order valence-corrected chi connectivity index (χ3v) is 20.5. The minimum absolute atomic E-state index is 0. The van der Waals surface area contributed by atoms with Crippen LogP contribution in [0, 0.1) is 0 Å². The van der Waals surface area contributed by atoms with Crippen LogP contribution in [0.25, 0.3) is 127 Å². The Morgan fingerprint density at radius 1 is 0.178 bits per heavy atom. The molecule has 0 radical (unpaired) electrons. The Balaban J connectivity index is 0.000000134. The highest BCUT2D eigenvalue weighted by molar-refractivity contribution is 6.19. The van der Waals surface area contributed by atoms with Crippen LogP contribution in [0.4, 0.5) is 0 Å². The molecule has 0 unspecified atom stereocenters. The summed E-state index contributed by atoms with van der Waals surface area (Å²) in [7, 11) is 0. The molecule has 3 heteroatoms. The number of hydrogen-bond donors (Lipinski definition) is 0. The average molecular weight is 1140 g/mol. The summed E-state index contributed by atoms with van der Waals surface area (Å²) in [6.45, 7) is 0. The predicted molar refractivity (Wildman–Crippen MR) is 375 cm³/mol. The molecule has 3 aromatic heterocycles. The molecule has 0 amide bonds. The SMILES string of the molecule is C.c1ccc(-n2c3ccccc3c3ccc4c(c32)C2(c3ccccc3-4)c3ccccc3-c3ccc4c5ccccc5n(-c5ccccc5)c4c32)cc1.c1ccc(-n2c3ccccc3c3ccc4c(c32)C2(c3ccccc3-c3ccccc32)c2ccccc2-4)cc1. The monoisotopic (exact) mass is 1140 g/mol. The maximum absolute atomic E-state index is 2.53. The van der Waals surface area contributed by atoms with E-state index in [0.717, 1.165) is 0 Å². The van der Waals surface area contributed by atoms with E-state index in [-0.39, 0.29) is 12.8 Å². The first-order valence-corrected chi connectivity index (χ1v) is 31.1. The van der Waals surface area contributed by atoms with Crippen molar-refractivity contribution in [3.05, 3.63) is 366 Å². The molecule has 0 fully saturated rings. The summed E-state index contributed by atoms with van der Waals surface area (Å²) in [4.78, 5) is 0. The summed E-state index contributed by atoms with van der Waals surface area (Å²) >= 11 is 0. The summed E-state index contributed by atoms with van der Waals surface area (Å²) in [6.07, 6.45) is 0. The minimum atomic E-state index is -0.571. The average Bonchev–Trinajstić information content (AvgIpc) is 1.50. The van der Waals surface area contributed by atoms with Gasteiger partial charge in [-0.05, 0) is 127 Å². The molecule has 4 aliphatic carbocycles. The van der Waals surface area contributed by atoms with Gasteiger partial charge in [0, 0.05) is 66.1 Å². The molecule has 420 valence electrons. The first kappa shape index (κ1) is 50.6. The number of rotatable bonds is 3. The van der Waals surface area contributed by atoms with Crippen LogP contribution >= 0.6 is 0 Å². The minimum Gasteiger partial charge on any atom is -0.309 e. The molecule has 0 bridgehead atoms. The lowest BCUT2D eigenvalue weighted by molar-refractivity contribution is 0.797. The van der Waals surface area contributed by atoms with Gasteiger partial charge in [0.15, 0.2) is 0 Å². The normalized spacial score (nSPS) is 13.6. The molecule has 0 saturated carbocycles. The van der Waals surface area contributed by atoms with Crippen LogP contribution < -0.4 is 0 Å². The van der Waals surface area contributed by atoms with Gasteiger partial charge in [0.05, 0.1) is 43.9 Å². The van der Waals surface area contributed by atoms with Crippen molar-refractivity contribution in [2.45, 2.75) is 18.3 Å². The Morgan fingerprint density at radius 3 is 0.722 bits per heavy atom. The van der Waals surface area contributed by atoms with Gasteiger partial charge in [0.25, 0.3) is 0 Å². The fourth-order valence-electron chi connectivity index (χ4n) is 17.4. The summed E-state index contributed by atoms with van der Waals surface area (Å²) in [5, 5.41) is 7.70. The number of benzene rings is 14. The summed E-state index contributed by atoms with van der Waals surface area (Å²) in [5.74, 6) is 0. The quantitative estimate of drug-likeness (QED) is 0.167. The van der Waals surface area contributed by atoms with Crippen LogP contribution in [0.3, 0.4) is 0 Å².